The average Bonchev–Trinajstić information content (AvgIpc) is 3.03. The number of nitrogens with zero attached hydrogens (tertiary/aromatic N) is 1. The number of nitrogens with one attached hydrogen (secondary N) is 1. The van der Waals surface area contributed by atoms with E-state index in [1.165, 1.54) is 0 Å². The summed E-state index contributed by atoms with van der Waals surface area (Å²) in [5, 5.41) is 7.98. The third-order valence-corrected chi connectivity index (χ3v) is 3.88. The van der Waals surface area contributed by atoms with Crippen LogP contribution in [0.3, 0.4) is 0 Å². The average molecular weight is 331 g/mol. The molecule has 2 aromatic carbocycles. The summed E-state index contributed by atoms with van der Waals surface area (Å²) in [5.74, 6) is 0.819. The molecule has 0 saturated carbocycles. The molecule has 0 bridgehead atoms. The molecule has 0 radical (unpaired) electrons. The fourth-order valence-corrected chi connectivity index (χ4v) is 2.69. The molecule has 1 unspecified atom stereocenters. The first-order valence-corrected chi connectivity index (χ1v) is 7.97. The van der Waals surface area contributed by atoms with Gasteiger partial charge in [-0.2, -0.15) is 0 Å². The van der Waals surface area contributed by atoms with Crippen LogP contribution in [0, 0.1) is 0 Å². The zero-order chi connectivity index (χ0) is 16.1. The molecule has 0 amide bonds. The molecule has 120 valence electrons. The summed E-state index contributed by atoms with van der Waals surface area (Å²) in [7, 11) is 1.91. The maximum absolute atomic E-state index is 5.97. The van der Waals surface area contributed by atoms with E-state index in [2.05, 4.69) is 10.5 Å². The van der Waals surface area contributed by atoms with E-state index in [1.54, 1.807) is 0 Å². The summed E-state index contributed by atoms with van der Waals surface area (Å²) in [6.07, 6.45) is 0.942. The summed E-state index contributed by atoms with van der Waals surface area (Å²) in [6.45, 7) is 1.29. The van der Waals surface area contributed by atoms with E-state index < -0.39 is 0 Å². The maximum Gasteiger partial charge on any atom is 0.145 e. The quantitative estimate of drug-likeness (QED) is 0.879. The number of halogens is 1. The molecule has 1 aliphatic rings. The van der Waals surface area contributed by atoms with E-state index in [0.717, 1.165) is 40.6 Å². The largest absolute Gasteiger partial charge is 0.489 e. The van der Waals surface area contributed by atoms with Gasteiger partial charge in [-0.15, -0.1) is 0 Å². The Morgan fingerprint density at radius 3 is 2.83 bits per heavy atom. The Hall–Kier alpha value is -2.04. The van der Waals surface area contributed by atoms with Crippen LogP contribution in [0.1, 0.15) is 17.5 Å². The Balaban J connectivity index is 1.57. The molecule has 0 aromatic heterocycles. The van der Waals surface area contributed by atoms with Crippen LogP contribution in [0.15, 0.2) is 53.7 Å². The SMILES string of the molecule is CNCC1CC(c2ccc(OCc3cccc(Cl)c3)cc2)=NO1. The summed E-state index contributed by atoms with van der Waals surface area (Å²) < 4.78 is 5.78. The number of rotatable bonds is 6. The Bertz CT molecular complexity index is 686. The van der Waals surface area contributed by atoms with E-state index in [1.807, 2.05) is 55.6 Å². The third-order valence-electron chi connectivity index (χ3n) is 3.65. The van der Waals surface area contributed by atoms with Gasteiger partial charge in [0, 0.05) is 18.0 Å². The topological polar surface area (TPSA) is 42.8 Å². The van der Waals surface area contributed by atoms with Crippen LogP contribution in [0.25, 0.3) is 0 Å². The molecule has 1 aliphatic heterocycles. The Kier molecular flexibility index (Phi) is 5.16. The highest BCUT2D eigenvalue weighted by Crippen LogP contribution is 2.20. The van der Waals surface area contributed by atoms with Crippen molar-refractivity contribution in [1.82, 2.24) is 5.32 Å². The molecule has 0 spiro atoms. The molecule has 2 aromatic rings. The Morgan fingerprint density at radius 2 is 2.09 bits per heavy atom. The lowest BCUT2D eigenvalue weighted by molar-refractivity contribution is 0.0866. The number of benzene rings is 2. The summed E-state index contributed by atoms with van der Waals surface area (Å²) in [4.78, 5) is 5.39. The van der Waals surface area contributed by atoms with Crippen LogP contribution >= 0.6 is 11.6 Å². The van der Waals surface area contributed by atoms with Gasteiger partial charge in [0.15, 0.2) is 0 Å². The molecular formula is C18H19ClN2O2. The molecule has 0 fully saturated rings. The van der Waals surface area contributed by atoms with Crippen molar-refractivity contribution < 1.29 is 9.57 Å². The second-order valence-electron chi connectivity index (χ2n) is 5.47. The molecule has 5 heteroatoms. The highest BCUT2D eigenvalue weighted by atomic mass is 35.5. The molecule has 3 rings (SSSR count). The van der Waals surface area contributed by atoms with Gasteiger partial charge in [0.2, 0.25) is 0 Å². The number of likely N-dealkylation sites (N-methyl/N-ethyl adjacent to an activating group) is 1. The lowest BCUT2D eigenvalue weighted by Gasteiger charge is -2.08. The predicted octanol–water partition coefficient (Wildman–Crippen LogP) is 3.63. The number of hydrogen-bond donors (Lipinski definition) is 1. The van der Waals surface area contributed by atoms with Crippen molar-refractivity contribution in [3.05, 3.63) is 64.7 Å². The second kappa shape index (κ2) is 7.49. The van der Waals surface area contributed by atoms with Gasteiger partial charge in [0.25, 0.3) is 0 Å². The van der Waals surface area contributed by atoms with Crippen LogP contribution in [0.5, 0.6) is 5.75 Å². The van der Waals surface area contributed by atoms with Gasteiger partial charge in [-0.1, -0.05) is 28.9 Å². The first-order chi connectivity index (χ1) is 11.2. The number of ether oxygens (including phenoxy) is 1. The zero-order valence-electron chi connectivity index (χ0n) is 13.0. The minimum atomic E-state index is 0.119. The maximum atomic E-state index is 5.97. The van der Waals surface area contributed by atoms with Crippen LogP contribution in [-0.4, -0.2) is 25.4 Å². The van der Waals surface area contributed by atoms with Gasteiger partial charge < -0.3 is 14.9 Å². The lowest BCUT2D eigenvalue weighted by Crippen LogP contribution is -2.23. The van der Waals surface area contributed by atoms with E-state index in [0.29, 0.717) is 6.61 Å². The van der Waals surface area contributed by atoms with Gasteiger partial charge in [0.1, 0.15) is 18.5 Å². The molecule has 0 aliphatic carbocycles. The first kappa shape index (κ1) is 15.8. The van der Waals surface area contributed by atoms with Crippen LogP contribution in [0.2, 0.25) is 5.02 Å². The van der Waals surface area contributed by atoms with Crippen molar-refractivity contribution in [3.8, 4) is 5.75 Å². The molecular weight excluding hydrogens is 312 g/mol. The highest BCUT2D eigenvalue weighted by molar-refractivity contribution is 6.30. The van der Waals surface area contributed by atoms with Gasteiger partial charge in [-0.05, 0) is 54.6 Å². The van der Waals surface area contributed by atoms with E-state index >= 15 is 0 Å². The predicted molar refractivity (Wildman–Crippen MR) is 92.2 cm³/mol. The van der Waals surface area contributed by atoms with Crippen LogP contribution in [0.4, 0.5) is 0 Å². The molecule has 1 N–H and O–H groups in total. The molecule has 23 heavy (non-hydrogen) atoms. The van der Waals surface area contributed by atoms with Crippen molar-refractivity contribution >= 4 is 17.3 Å². The summed E-state index contributed by atoms with van der Waals surface area (Å²) in [5.41, 5.74) is 3.09. The van der Waals surface area contributed by atoms with Crippen LogP contribution < -0.4 is 10.1 Å². The number of oxime groups is 1. The first-order valence-electron chi connectivity index (χ1n) is 7.59. The molecule has 4 nitrogen and oxygen atoms in total. The smallest absolute Gasteiger partial charge is 0.145 e. The molecule has 0 saturated heterocycles. The van der Waals surface area contributed by atoms with Crippen molar-refractivity contribution in [3.63, 3.8) is 0 Å². The molecule has 1 heterocycles. The van der Waals surface area contributed by atoms with Gasteiger partial charge in [-0.3, -0.25) is 0 Å². The van der Waals surface area contributed by atoms with Gasteiger partial charge >= 0.3 is 0 Å². The highest BCUT2D eigenvalue weighted by Gasteiger charge is 2.21. The van der Waals surface area contributed by atoms with Crippen molar-refractivity contribution in [1.29, 1.82) is 0 Å². The van der Waals surface area contributed by atoms with Gasteiger partial charge in [-0.25, -0.2) is 0 Å². The summed E-state index contributed by atoms with van der Waals surface area (Å²) >= 11 is 5.97. The Morgan fingerprint density at radius 1 is 1.26 bits per heavy atom. The van der Waals surface area contributed by atoms with Crippen LogP contribution in [-0.2, 0) is 11.4 Å². The normalized spacial score (nSPS) is 16.8. The minimum Gasteiger partial charge on any atom is -0.489 e. The molecule has 1 atom stereocenters. The third kappa shape index (κ3) is 4.24. The van der Waals surface area contributed by atoms with Gasteiger partial charge in [0.05, 0.1) is 5.71 Å². The fraction of sp³-hybridized carbons (Fsp3) is 0.278. The van der Waals surface area contributed by atoms with E-state index in [4.69, 9.17) is 21.2 Å². The van der Waals surface area contributed by atoms with Crippen molar-refractivity contribution in [2.24, 2.45) is 5.16 Å². The van der Waals surface area contributed by atoms with E-state index in [9.17, 15) is 0 Å². The standard InChI is InChI=1S/C18H19ClN2O2/c1-20-11-17-10-18(21-23-17)14-5-7-16(8-6-14)22-12-13-3-2-4-15(19)9-13/h2-9,17,20H,10-12H2,1H3. The van der Waals surface area contributed by atoms with Crippen molar-refractivity contribution in [2.45, 2.75) is 19.1 Å². The number of hydrogen-bond acceptors (Lipinski definition) is 4. The Labute approximate surface area is 141 Å². The zero-order valence-corrected chi connectivity index (χ0v) is 13.7. The van der Waals surface area contributed by atoms with Crippen molar-refractivity contribution in [2.75, 3.05) is 13.6 Å². The second-order valence-corrected chi connectivity index (χ2v) is 5.91. The lowest BCUT2D eigenvalue weighted by atomic mass is 10.0. The monoisotopic (exact) mass is 330 g/mol. The minimum absolute atomic E-state index is 0.119. The van der Waals surface area contributed by atoms with E-state index in [-0.39, 0.29) is 6.10 Å². The fourth-order valence-electron chi connectivity index (χ4n) is 2.47. The summed E-state index contributed by atoms with van der Waals surface area (Å²) in [6, 6.07) is 15.6.